The summed E-state index contributed by atoms with van der Waals surface area (Å²) in [6.45, 7) is 4.57. The van der Waals surface area contributed by atoms with Crippen LogP contribution < -0.4 is 0 Å². The molecule has 1 heterocycles. The van der Waals surface area contributed by atoms with Crippen molar-refractivity contribution in [1.82, 2.24) is 4.90 Å². The van der Waals surface area contributed by atoms with E-state index in [0.29, 0.717) is 0 Å². The van der Waals surface area contributed by atoms with Gasteiger partial charge in [0.25, 0.3) is 0 Å². The van der Waals surface area contributed by atoms with E-state index in [4.69, 9.17) is 0 Å². The summed E-state index contributed by atoms with van der Waals surface area (Å²) >= 11 is 0. The molecule has 2 nitrogen and oxygen atoms in total. The number of benzene rings is 1. The van der Waals surface area contributed by atoms with Gasteiger partial charge in [-0.1, -0.05) is 30.3 Å². The summed E-state index contributed by atoms with van der Waals surface area (Å²) < 4.78 is 0. The number of aliphatic imine (C=N–C) groups is 1. The molecule has 15 heavy (non-hydrogen) atoms. The average Bonchev–Trinajstić information content (AvgIpc) is 2.79. The molecule has 0 saturated carbocycles. The summed E-state index contributed by atoms with van der Waals surface area (Å²) in [4.78, 5) is 6.93. The van der Waals surface area contributed by atoms with Crippen LogP contribution in [-0.2, 0) is 0 Å². The molecule has 0 bridgehead atoms. The quantitative estimate of drug-likeness (QED) is 0.683. The van der Waals surface area contributed by atoms with Gasteiger partial charge < -0.3 is 4.90 Å². The van der Waals surface area contributed by atoms with Gasteiger partial charge in [-0.15, -0.1) is 0 Å². The molecule has 0 aliphatic carbocycles. The zero-order valence-corrected chi connectivity index (χ0v) is 9.10. The third-order valence-corrected chi connectivity index (χ3v) is 2.78. The number of likely N-dealkylation sites (tertiary alicyclic amines) is 1. The van der Waals surface area contributed by atoms with Crippen LogP contribution in [0, 0.1) is 0 Å². The van der Waals surface area contributed by atoms with Crippen LogP contribution in [0.25, 0.3) is 0 Å². The van der Waals surface area contributed by atoms with E-state index < -0.39 is 0 Å². The fourth-order valence-corrected chi connectivity index (χ4v) is 1.91. The molecular weight excluding hydrogens is 184 g/mol. The van der Waals surface area contributed by atoms with Gasteiger partial charge in [0, 0.05) is 12.8 Å². The van der Waals surface area contributed by atoms with E-state index in [2.05, 4.69) is 22.0 Å². The number of rotatable bonds is 4. The zero-order valence-electron chi connectivity index (χ0n) is 9.10. The van der Waals surface area contributed by atoms with E-state index in [9.17, 15) is 0 Å². The molecule has 1 saturated heterocycles. The number of hydrogen-bond donors (Lipinski definition) is 0. The summed E-state index contributed by atoms with van der Waals surface area (Å²) in [6.07, 6.45) is 4.70. The lowest BCUT2D eigenvalue weighted by Crippen LogP contribution is -2.22. The van der Waals surface area contributed by atoms with Crippen LogP contribution in [0.5, 0.6) is 0 Å². The first-order valence-corrected chi connectivity index (χ1v) is 5.72. The van der Waals surface area contributed by atoms with Crippen LogP contribution in [0.4, 0.5) is 0 Å². The van der Waals surface area contributed by atoms with Gasteiger partial charge >= 0.3 is 0 Å². The lowest BCUT2D eigenvalue weighted by molar-refractivity contribution is 0.349. The van der Waals surface area contributed by atoms with E-state index in [1.165, 1.54) is 31.5 Å². The predicted molar refractivity (Wildman–Crippen MR) is 64.6 cm³/mol. The highest BCUT2D eigenvalue weighted by Crippen LogP contribution is 2.05. The van der Waals surface area contributed by atoms with Crippen molar-refractivity contribution in [2.24, 2.45) is 4.99 Å². The average molecular weight is 202 g/mol. The third-order valence-electron chi connectivity index (χ3n) is 2.78. The molecule has 1 aliphatic rings. The standard InChI is InChI=1S/C13H18N2/c1-2-6-13(7-3-1)12-14-8-11-15-9-4-5-10-15/h1-3,6-7,12H,4-5,8-11H2. The summed E-state index contributed by atoms with van der Waals surface area (Å²) in [7, 11) is 0. The Labute approximate surface area is 91.6 Å². The van der Waals surface area contributed by atoms with Crippen LogP contribution >= 0.6 is 0 Å². The molecule has 0 amide bonds. The van der Waals surface area contributed by atoms with Crippen LogP contribution in [0.1, 0.15) is 18.4 Å². The number of nitrogens with zero attached hydrogens (tertiary/aromatic N) is 2. The van der Waals surface area contributed by atoms with Crippen LogP contribution in [0.3, 0.4) is 0 Å². The second-order valence-electron chi connectivity index (χ2n) is 3.99. The van der Waals surface area contributed by atoms with E-state index in [1.54, 1.807) is 0 Å². The highest BCUT2D eigenvalue weighted by Gasteiger charge is 2.09. The Hall–Kier alpha value is -1.15. The molecule has 0 aromatic heterocycles. The molecule has 0 radical (unpaired) electrons. The second kappa shape index (κ2) is 5.66. The minimum Gasteiger partial charge on any atom is -0.301 e. The molecule has 1 aromatic rings. The minimum atomic E-state index is 0.925. The normalized spacial score (nSPS) is 17.6. The van der Waals surface area contributed by atoms with Gasteiger partial charge in [-0.3, -0.25) is 4.99 Å². The van der Waals surface area contributed by atoms with Crippen molar-refractivity contribution in [3.05, 3.63) is 35.9 Å². The van der Waals surface area contributed by atoms with Gasteiger partial charge in [0.15, 0.2) is 0 Å². The van der Waals surface area contributed by atoms with Gasteiger partial charge in [-0.05, 0) is 31.5 Å². The molecule has 1 aliphatic heterocycles. The van der Waals surface area contributed by atoms with Crippen molar-refractivity contribution in [2.45, 2.75) is 12.8 Å². The molecule has 80 valence electrons. The third kappa shape index (κ3) is 3.48. The zero-order chi connectivity index (χ0) is 10.3. The fourth-order valence-electron chi connectivity index (χ4n) is 1.91. The van der Waals surface area contributed by atoms with Gasteiger partial charge in [0.1, 0.15) is 0 Å². The fraction of sp³-hybridized carbons (Fsp3) is 0.462. The predicted octanol–water partition coefficient (Wildman–Crippen LogP) is 2.20. The number of hydrogen-bond acceptors (Lipinski definition) is 2. The molecule has 0 N–H and O–H groups in total. The summed E-state index contributed by atoms with van der Waals surface area (Å²) in [6, 6.07) is 10.3. The summed E-state index contributed by atoms with van der Waals surface area (Å²) in [5, 5.41) is 0. The van der Waals surface area contributed by atoms with E-state index in [0.717, 1.165) is 13.1 Å². The molecule has 0 unspecified atom stereocenters. The lowest BCUT2D eigenvalue weighted by atomic mass is 10.2. The van der Waals surface area contributed by atoms with E-state index >= 15 is 0 Å². The monoisotopic (exact) mass is 202 g/mol. The Kier molecular flexibility index (Phi) is 3.92. The van der Waals surface area contributed by atoms with Gasteiger partial charge in [0.2, 0.25) is 0 Å². The first-order chi connectivity index (χ1) is 7.45. The van der Waals surface area contributed by atoms with Gasteiger partial charge in [0.05, 0.1) is 6.54 Å². The maximum absolute atomic E-state index is 4.44. The van der Waals surface area contributed by atoms with Crippen molar-refractivity contribution in [2.75, 3.05) is 26.2 Å². The Morgan fingerprint density at radius 1 is 1.13 bits per heavy atom. The van der Waals surface area contributed by atoms with Crippen molar-refractivity contribution >= 4 is 6.21 Å². The first-order valence-electron chi connectivity index (χ1n) is 5.72. The van der Waals surface area contributed by atoms with E-state index in [-0.39, 0.29) is 0 Å². The second-order valence-corrected chi connectivity index (χ2v) is 3.99. The Bertz CT molecular complexity index is 300. The topological polar surface area (TPSA) is 15.6 Å². The van der Waals surface area contributed by atoms with Gasteiger partial charge in [-0.2, -0.15) is 0 Å². The van der Waals surface area contributed by atoms with Crippen molar-refractivity contribution in [3.8, 4) is 0 Å². The maximum atomic E-state index is 4.44. The minimum absolute atomic E-state index is 0.925. The molecule has 1 aromatic carbocycles. The molecule has 2 heteroatoms. The molecule has 1 fully saturated rings. The summed E-state index contributed by atoms with van der Waals surface area (Å²) in [5.74, 6) is 0. The highest BCUT2D eigenvalue weighted by atomic mass is 15.1. The van der Waals surface area contributed by atoms with Crippen molar-refractivity contribution < 1.29 is 0 Å². The van der Waals surface area contributed by atoms with Crippen LogP contribution in [0.2, 0.25) is 0 Å². The molecule has 2 rings (SSSR count). The Balaban J connectivity index is 1.71. The molecular formula is C13H18N2. The smallest absolute Gasteiger partial charge is 0.0517 e. The van der Waals surface area contributed by atoms with Crippen molar-refractivity contribution in [3.63, 3.8) is 0 Å². The van der Waals surface area contributed by atoms with E-state index in [1.807, 2.05) is 24.4 Å². The largest absolute Gasteiger partial charge is 0.301 e. The Morgan fingerprint density at radius 3 is 2.60 bits per heavy atom. The first kappa shape index (κ1) is 10.4. The SMILES string of the molecule is C(=NCCN1CCCC1)c1ccccc1. The molecule has 0 spiro atoms. The van der Waals surface area contributed by atoms with Crippen LogP contribution in [-0.4, -0.2) is 37.3 Å². The maximum Gasteiger partial charge on any atom is 0.0517 e. The highest BCUT2D eigenvalue weighted by molar-refractivity contribution is 5.79. The summed E-state index contributed by atoms with van der Waals surface area (Å²) in [5.41, 5.74) is 1.19. The van der Waals surface area contributed by atoms with Crippen molar-refractivity contribution in [1.29, 1.82) is 0 Å². The molecule has 0 atom stereocenters. The lowest BCUT2D eigenvalue weighted by Gasteiger charge is -2.11. The Morgan fingerprint density at radius 2 is 1.87 bits per heavy atom. The van der Waals surface area contributed by atoms with Crippen LogP contribution in [0.15, 0.2) is 35.3 Å². The van der Waals surface area contributed by atoms with Gasteiger partial charge in [-0.25, -0.2) is 0 Å².